The van der Waals surface area contributed by atoms with Gasteiger partial charge in [-0.1, -0.05) is 42.5 Å². The average Bonchev–Trinajstić information content (AvgIpc) is 3.59. The highest BCUT2D eigenvalue weighted by Crippen LogP contribution is 2.24. The van der Waals surface area contributed by atoms with Gasteiger partial charge in [0.1, 0.15) is 5.75 Å². The average molecular weight is 692 g/mol. The van der Waals surface area contributed by atoms with Crippen LogP contribution in [0.5, 0.6) is 5.75 Å². The predicted octanol–water partition coefficient (Wildman–Crippen LogP) is 4.60. The molecule has 13 heteroatoms. The Morgan fingerprint density at radius 1 is 0.896 bits per heavy atom. The Kier molecular flexibility index (Phi) is 12.3. The lowest BCUT2D eigenvalue weighted by molar-refractivity contribution is -0.117. The van der Waals surface area contributed by atoms with Crippen LogP contribution in [0.4, 0.5) is 11.4 Å². The van der Waals surface area contributed by atoms with Crippen LogP contribution >= 0.6 is 11.3 Å². The number of nitrogens with one attached hydrogen (secondary N) is 4. The highest BCUT2D eigenvalue weighted by molar-refractivity contribution is 7.92. The SMILES string of the molecule is COc1ccccc1NC(=O)[C@H](C)NC[C@H](Cc1ccsc1)NC(=O)c1cc(C(=O)N[C@H](C)c2ccccc2)cc(N(C)S(C)(=O)=O)c1. The number of hydrogen-bond acceptors (Lipinski definition) is 8. The van der Waals surface area contributed by atoms with Crippen LogP contribution in [-0.2, 0) is 21.2 Å². The molecule has 0 radical (unpaired) electrons. The number of amides is 3. The highest BCUT2D eigenvalue weighted by Gasteiger charge is 2.23. The second kappa shape index (κ2) is 16.4. The van der Waals surface area contributed by atoms with Gasteiger partial charge in [-0.3, -0.25) is 18.7 Å². The van der Waals surface area contributed by atoms with Crippen LogP contribution in [0.15, 0.2) is 89.6 Å². The Bertz CT molecular complexity index is 1820. The topological polar surface area (TPSA) is 146 Å². The Hall–Kier alpha value is -4.72. The van der Waals surface area contributed by atoms with Crippen LogP contribution in [0, 0.1) is 0 Å². The van der Waals surface area contributed by atoms with E-state index < -0.39 is 33.9 Å². The summed E-state index contributed by atoms with van der Waals surface area (Å²) >= 11 is 1.53. The summed E-state index contributed by atoms with van der Waals surface area (Å²) in [7, 11) is -0.812. The van der Waals surface area contributed by atoms with Gasteiger partial charge in [0.05, 0.1) is 36.8 Å². The number of thiophene rings is 1. The molecule has 254 valence electrons. The lowest BCUT2D eigenvalue weighted by Crippen LogP contribution is -2.48. The Balaban J connectivity index is 1.54. The molecule has 0 unspecified atom stereocenters. The van der Waals surface area contributed by atoms with Crippen LogP contribution in [0.3, 0.4) is 0 Å². The second-order valence-corrected chi connectivity index (χ2v) is 14.2. The molecule has 3 aromatic carbocycles. The van der Waals surface area contributed by atoms with E-state index in [1.165, 1.54) is 43.7 Å². The molecule has 0 spiro atoms. The molecule has 11 nitrogen and oxygen atoms in total. The minimum Gasteiger partial charge on any atom is -0.495 e. The number of carbonyl (C=O) groups excluding carboxylic acids is 3. The zero-order chi connectivity index (χ0) is 34.8. The Morgan fingerprint density at radius 3 is 2.17 bits per heavy atom. The lowest BCUT2D eigenvalue weighted by Gasteiger charge is -2.23. The van der Waals surface area contributed by atoms with Gasteiger partial charge in [0, 0.05) is 30.8 Å². The van der Waals surface area contributed by atoms with Crippen molar-refractivity contribution in [3.05, 3.63) is 112 Å². The molecule has 1 aromatic heterocycles. The first-order chi connectivity index (χ1) is 22.8. The van der Waals surface area contributed by atoms with E-state index >= 15 is 0 Å². The molecular formula is C35H41N5O6S2. The molecule has 0 saturated carbocycles. The number of hydrogen-bond donors (Lipinski definition) is 4. The zero-order valence-corrected chi connectivity index (χ0v) is 29.2. The molecule has 0 saturated heterocycles. The molecule has 0 aliphatic rings. The molecule has 4 rings (SSSR count). The zero-order valence-electron chi connectivity index (χ0n) is 27.5. The van der Waals surface area contributed by atoms with Gasteiger partial charge < -0.3 is 26.0 Å². The van der Waals surface area contributed by atoms with Crippen molar-refractivity contribution in [1.82, 2.24) is 16.0 Å². The van der Waals surface area contributed by atoms with Crippen LogP contribution < -0.4 is 30.3 Å². The summed E-state index contributed by atoms with van der Waals surface area (Å²) in [6.45, 7) is 3.81. The fraction of sp³-hybridized carbons (Fsp3) is 0.286. The van der Waals surface area contributed by atoms with Crippen molar-refractivity contribution in [1.29, 1.82) is 0 Å². The summed E-state index contributed by atoms with van der Waals surface area (Å²) in [4.78, 5) is 40.2. The predicted molar refractivity (Wildman–Crippen MR) is 190 cm³/mol. The maximum absolute atomic E-state index is 13.8. The number of nitrogens with zero attached hydrogens (tertiary/aromatic N) is 1. The van der Waals surface area contributed by atoms with Crippen LogP contribution in [0.1, 0.15) is 51.7 Å². The van der Waals surface area contributed by atoms with Gasteiger partial charge in [0.15, 0.2) is 0 Å². The summed E-state index contributed by atoms with van der Waals surface area (Å²) in [5.41, 5.74) is 2.83. The Morgan fingerprint density at radius 2 is 1.54 bits per heavy atom. The van der Waals surface area contributed by atoms with Crippen molar-refractivity contribution in [2.75, 3.05) is 36.6 Å². The van der Waals surface area contributed by atoms with Gasteiger partial charge in [-0.15, -0.1) is 0 Å². The van der Waals surface area contributed by atoms with Gasteiger partial charge in [0.25, 0.3) is 11.8 Å². The van der Waals surface area contributed by atoms with E-state index in [0.717, 1.165) is 21.7 Å². The monoisotopic (exact) mass is 691 g/mol. The van der Waals surface area contributed by atoms with E-state index in [1.807, 2.05) is 60.1 Å². The highest BCUT2D eigenvalue weighted by atomic mass is 32.2. The number of rotatable bonds is 15. The molecule has 0 aliphatic carbocycles. The van der Waals surface area contributed by atoms with Gasteiger partial charge in [-0.25, -0.2) is 8.42 Å². The third-order valence-electron chi connectivity index (χ3n) is 7.78. The molecule has 1 heterocycles. The van der Waals surface area contributed by atoms with Gasteiger partial charge in [0.2, 0.25) is 15.9 Å². The van der Waals surface area contributed by atoms with Crippen molar-refractivity contribution in [2.45, 2.75) is 38.4 Å². The van der Waals surface area contributed by atoms with Crippen molar-refractivity contribution in [2.24, 2.45) is 0 Å². The maximum atomic E-state index is 13.8. The molecule has 4 aromatic rings. The maximum Gasteiger partial charge on any atom is 0.251 e. The molecule has 48 heavy (non-hydrogen) atoms. The van der Waals surface area contributed by atoms with E-state index in [9.17, 15) is 22.8 Å². The largest absolute Gasteiger partial charge is 0.495 e. The number of anilines is 2. The number of methoxy groups -OCH3 is 1. The Labute approximate surface area is 285 Å². The first-order valence-electron chi connectivity index (χ1n) is 15.3. The minimum absolute atomic E-state index is 0.109. The molecule has 3 atom stereocenters. The summed E-state index contributed by atoms with van der Waals surface area (Å²) in [5, 5.41) is 15.9. The molecule has 3 amide bonds. The van der Waals surface area contributed by atoms with Gasteiger partial charge >= 0.3 is 0 Å². The number of benzene rings is 3. The van der Waals surface area contributed by atoms with Crippen molar-refractivity contribution >= 4 is 50.5 Å². The summed E-state index contributed by atoms with van der Waals surface area (Å²) < 4.78 is 31.2. The molecular weight excluding hydrogens is 651 g/mol. The lowest BCUT2D eigenvalue weighted by atomic mass is 10.0. The third kappa shape index (κ3) is 9.89. The second-order valence-electron chi connectivity index (χ2n) is 11.4. The first kappa shape index (κ1) is 36.1. The molecule has 0 aliphatic heterocycles. The van der Waals surface area contributed by atoms with Crippen LogP contribution in [-0.4, -0.2) is 65.2 Å². The molecule has 0 bridgehead atoms. The van der Waals surface area contributed by atoms with E-state index in [-0.39, 0.29) is 35.3 Å². The van der Waals surface area contributed by atoms with Crippen molar-refractivity contribution < 1.29 is 27.5 Å². The summed E-state index contributed by atoms with van der Waals surface area (Å²) in [5.74, 6) is -0.712. The van der Waals surface area contributed by atoms with E-state index in [4.69, 9.17) is 4.74 Å². The standard InChI is InChI=1S/C35H41N5O6S2/c1-23(26-11-7-6-8-12-26)37-34(42)27-18-28(20-30(19-27)40(3)48(5,44)45)35(43)38-29(17-25-15-16-47-22-25)21-36-24(2)33(41)39-31-13-9-10-14-32(31)46-4/h6-16,18-20,22-24,29,36H,17,21H2,1-5H3,(H,37,42)(H,38,43)(H,39,41)/t23-,24+,29+/m1/s1. The number of sulfonamides is 1. The minimum atomic E-state index is -3.70. The van der Waals surface area contributed by atoms with Crippen LogP contribution in [0.2, 0.25) is 0 Å². The van der Waals surface area contributed by atoms with Crippen molar-refractivity contribution in [3.8, 4) is 5.75 Å². The fourth-order valence-corrected chi connectivity index (χ4v) is 6.06. The normalized spacial score (nSPS) is 13.1. The number of ether oxygens (including phenoxy) is 1. The fourth-order valence-electron chi connectivity index (χ4n) is 4.89. The van der Waals surface area contributed by atoms with Crippen LogP contribution in [0.25, 0.3) is 0 Å². The number of para-hydroxylation sites is 2. The van der Waals surface area contributed by atoms with Gasteiger partial charge in [-0.2, -0.15) is 11.3 Å². The first-order valence-corrected chi connectivity index (χ1v) is 18.1. The van der Waals surface area contributed by atoms with Crippen molar-refractivity contribution in [3.63, 3.8) is 0 Å². The third-order valence-corrected chi connectivity index (χ3v) is 9.71. The van der Waals surface area contributed by atoms with E-state index in [1.54, 1.807) is 25.1 Å². The number of carbonyl (C=O) groups is 3. The molecule has 4 N–H and O–H groups in total. The summed E-state index contributed by atoms with van der Waals surface area (Å²) in [6, 6.07) is 21.4. The van der Waals surface area contributed by atoms with Gasteiger partial charge in [-0.05, 0) is 78.6 Å². The smallest absolute Gasteiger partial charge is 0.251 e. The van der Waals surface area contributed by atoms with E-state index in [2.05, 4.69) is 21.3 Å². The van der Waals surface area contributed by atoms with E-state index in [0.29, 0.717) is 17.9 Å². The summed E-state index contributed by atoms with van der Waals surface area (Å²) in [6.07, 6.45) is 1.51. The quantitative estimate of drug-likeness (QED) is 0.143. The molecule has 0 fully saturated rings.